The van der Waals surface area contributed by atoms with Crippen molar-refractivity contribution in [3.63, 3.8) is 0 Å². The maximum absolute atomic E-state index is 5.41. The van der Waals surface area contributed by atoms with Crippen LogP contribution in [-0.4, -0.2) is 55.1 Å². The number of nitrogens with zero attached hydrogens (tertiary/aromatic N) is 4. The molecule has 150 valence electrons. The van der Waals surface area contributed by atoms with Crippen molar-refractivity contribution < 1.29 is 9.47 Å². The fourth-order valence-electron chi connectivity index (χ4n) is 2.65. The number of aryl methyl sites for hydroxylation is 1. The SMILES string of the molecule is CCc1nncn1CCNC(=NC)NCCc1cc(OC)ccc1OC.I. The molecule has 0 saturated carbocycles. The number of guanidine groups is 1. The van der Waals surface area contributed by atoms with E-state index >= 15 is 0 Å². The van der Waals surface area contributed by atoms with Crippen molar-refractivity contribution in [1.29, 1.82) is 0 Å². The predicted octanol–water partition coefficient (Wildman–Crippen LogP) is 1.88. The molecule has 2 N–H and O–H groups in total. The molecule has 0 saturated heterocycles. The first-order chi connectivity index (χ1) is 12.7. The first-order valence-electron chi connectivity index (χ1n) is 8.73. The minimum atomic E-state index is 0. The summed E-state index contributed by atoms with van der Waals surface area (Å²) in [6, 6.07) is 5.81. The number of benzene rings is 1. The van der Waals surface area contributed by atoms with E-state index in [1.165, 1.54) is 0 Å². The highest BCUT2D eigenvalue weighted by atomic mass is 127. The van der Waals surface area contributed by atoms with Gasteiger partial charge in [0.25, 0.3) is 0 Å². The molecule has 0 bridgehead atoms. The van der Waals surface area contributed by atoms with Crippen LogP contribution in [-0.2, 0) is 19.4 Å². The predicted molar refractivity (Wildman–Crippen MR) is 117 cm³/mol. The molecule has 0 aliphatic rings. The highest BCUT2D eigenvalue weighted by Gasteiger charge is 2.06. The lowest BCUT2D eigenvalue weighted by molar-refractivity contribution is 0.398. The summed E-state index contributed by atoms with van der Waals surface area (Å²) in [5, 5.41) is 14.6. The van der Waals surface area contributed by atoms with Gasteiger partial charge in [0.15, 0.2) is 5.96 Å². The van der Waals surface area contributed by atoms with E-state index < -0.39 is 0 Å². The van der Waals surface area contributed by atoms with Gasteiger partial charge in [-0.2, -0.15) is 0 Å². The molecule has 0 amide bonds. The molecule has 0 aliphatic carbocycles. The Labute approximate surface area is 177 Å². The second-order valence-corrected chi connectivity index (χ2v) is 5.65. The summed E-state index contributed by atoms with van der Waals surface area (Å²) >= 11 is 0. The van der Waals surface area contributed by atoms with Gasteiger partial charge in [0.1, 0.15) is 23.7 Å². The van der Waals surface area contributed by atoms with Crippen LogP contribution in [0, 0.1) is 0 Å². The Morgan fingerprint density at radius 3 is 2.63 bits per heavy atom. The molecule has 27 heavy (non-hydrogen) atoms. The van der Waals surface area contributed by atoms with Crippen molar-refractivity contribution in [1.82, 2.24) is 25.4 Å². The molecule has 0 spiro atoms. The van der Waals surface area contributed by atoms with Gasteiger partial charge >= 0.3 is 0 Å². The number of hydrogen-bond donors (Lipinski definition) is 2. The van der Waals surface area contributed by atoms with Gasteiger partial charge in [0, 0.05) is 33.1 Å². The Hall–Kier alpha value is -2.04. The number of rotatable bonds is 9. The smallest absolute Gasteiger partial charge is 0.191 e. The third-order valence-corrected chi connectivity index (χ3v) is 4.06. The van der Waals surface area contributed by atoms with Crippen LogP contribution in [0.3, 0.4) is 0 Å². The van der Waals surface area contributed by atoms with E-state index in [4.69, 9.17) is 9.47 Å². The summed E-state index contributed by atoms with van der Waals surface area (Å²) in [4.78, 5) is 4.25. The number of halogens is 1. The van der Waals surface area contributed by atoms with Crippen molar-refractivity contribution in [3.8, 4) is 11.5 Å². The summed E-state index contributed by atoms with van der Waals surface area (Å²) in [6.07, 6.45) is 3.42. The van der Waals surface area contributed by atoms with Crippen molar-refractivity contribution in [3.05, 3.63) is 35.9 Å². The standard InChI is InChI=1S/C18H28N6O2.HI/c1-5-17-23-22-13-24(17)11-10-21-18(19-2)20-9-8-14-12-15(25-3)6-7-16(14)26-4;/h6-7,12-13H,5,8-11H2,1-4H3,(H2,19,20,21);1H. The Balaban J connectivity index is 0.00000364. The zero-order valence-electron chi connectivity index (χ0n) is 16.4. The molecule has 2 aromatic rings. The van der Waals surface area contributed by atoms with Gasteiger partial charge in [0.2, 0.25) is 0 Å². The highest BCUT2D eigenvalue weighted by molar-refractivity contribution is 14.0. The fraction of sp³-hybridized carbons (Fsp3) is 0.500. The molecule has 0 unspecified atom stereocenters. The molecule has 1 heterocycles. The van der Waals surface area contributed by atoms with Gasteiger partial charge in [-0.3, -0.25) is 4.99 Å². The van der Waals surface area contributed by atoms with E-state index in [2.05, 4.69) is 32.7 Å². The number of hydrogen-bond acceptors (Lipinski definition) is 5. The first-order valence-corrected chi connectivity index (χ1v) is 8.73. The van der Waals surface area contributed by atoms with E-state index in [-0.39, 0.29) is 24.0 Å². The number of nitrogens with one attached hydrogen (secondary N) is 2. The molecule has 0 fully saturated rings. The Morgan fingerprint density at radius 2 is 1.96 bits per heavy atom. The average Bonchev–Trinajstić information content (AvgIpc) is 3.14. The van der Waals surface area contributed by atoms with Crippen LogP contribution in [0.4, 0.5) is 0 Å². The topological polar surface area (TPSA) is 85.6 Å². The molecule has 2 rings (SSSR count). The summed E-state index contributed by atoms with van der Waals surface area (Å²) in [5.74, 6) is 3.43. The minimum absolute atomic E-state index is 0. The van der Waals surface area contributed by atoms with Gasteiger partial charge in [0.05, 0.1) is 14.2 Å². The molecule has 1 aromatic carbocycles. The number of methoxy groups -OCH3 is 2. The van der Waals surface area contributed by atoms with Crippen LogP contribution in [0.15, 0.2) is 29.5 Å². The van der Waals surface area contributed by atoms with Gasteiger partial charge in [-0.15, -0.1) is 34.2 Å². The summed E-state index contributed by atoms with van der Waals surface area (Å²) < 4.78 is 12.7. The molecule has 0 atom stereocenters. The first kappa shape index (κ1) is 23.0. The van der Waals surface area contributed by atoms with Crippen molar-refractivity contribution >= 4 is 29.9 Å². The molecular formula is C18H29IN6O2. The van der Waals surface area contributed by atoms with Crippen LogP contribution < -0.4 is 20.1 Å². The summed E-state index contributed by atoms with van der Waals surface area (Å²) in [6.45, 7) is 4.34. The minimum Gasteiger partial charge on any atom is -0.497 e. The lowest BCUT2D eigenvalue weighted by atomic mass is 10.1. The second kappa shape index (κ2) is 12.4. The van der Waals surface area contributed by atoms with Crippen LogP contribution in [0.25, 0.3) is 0 Å². The van der Waals surface area contributed by atoms with E-state index in [9.17, 15) is 0 Å². The third kappa shape index (κ3) is 6.89. The molecule has 9 heteroatoms. The summed E-state index contributed by atoms with van der Waals surface area (Å²) in [7, 11) is 5.10. The number of aromatic nitrogens is 3. The van der Waals surface area contributed by atoms with Crippen LogP contribution in [0.1, 0.15) is 18.3 Å². The average molecular weight is 488 g/mol. The maximum atomic E-state index is 5.41. The quantitative estimate of drug-likeness (QED) is 0.319. The van der Waals surface area contributed by atoms with Crippen LogP contribution in [0.2, 0.25) is 0 Å². The van der Waals surface area contributed by atoms with E-state index in [0.717, 1.165) is 61.3 Å². The zero-order chi connectivity index (χ0) is 18.8. The Kier molecular flexibility index (Phi) is 10.5. The third-order valence-electron chi connectivity index (χ3n) is 4.06. The Bertz CT molecular complexity index is 720. The van der Waals surface area contributed by atoms with E-state index in [0.29, 0.717) is 0 Å². The van der Waals surface area contributed by atoms with Crippen molar-refractivity contribution in [2.24, 2.45) is 4.99 Å². The summed E-state index contributed by atoms with van der Waals surface area (Å²) in [5.41, 5.74) is 1.09. The largest absolute Gasteiger partial charge is 0.497 e. The fourth-order valence-corrected chi connectivity index (χ4v) is 2.65. The van der Waals surface area contributed by atoms with Gasteiger partial charge in [-0.05, 0) is 30.2 Å². The lowest BCUT2D eigenvalue weighted by Crippen LogP contribution is -2.39. The van der Waals surface area contributed by atoms with Gasteiger partial charge < -0.3 is 24.7 Å². The van der Waals surface area contributed by atoms with Gasteiger partial charge in [-0.25, -0.2) is 0 Å². The highest BCUT2D eigenvalue weighted by Crippen LogP contribution is 2.24. The molecular weight excluding hydrogens is 459 g/mol. The zero-order valence-corrected chi connectivity index (χ0v) is 18.7. The molecule has 0 radical (unpaired) electrons. The number of aliphatic imine (C=N–C) groups is 1. The van der Waals surface area contributed by atoms with Crippen molar-refractivity contribution in [2.75, 3.05) is 34.4 Å². The second-order valence-electron chi connectivity index (χ2n) is 5.65. The molecule has 1 aromatic heterocycles. The molecule has 8 nitrogen and oxygen atoms in total. The Morgan fingerprint density at radius 1 is 1.19 bits per heavy atom. The monoisotopic (exact) mass is 488 g/mol. The van der Waals surface area contributed by atoms with Crippen molar-refractivity contribution in [2.45, 2.75) is 26.3 Å². The number of ether oxygens (including phenoxy) is 2. The maximum Gasteiger partial charge on any atom is 0.191 e. The normalized spacial score (nSPS) is 10.9. The van der Waals surface area contributed by atoms with E-state index in [1.807, 2.05) is 22.8 Å². The van der Waals surface area contributed by atoms with Crippen LogP contribution >= 0.6 is 24.0 Å². The van der Waals surface area contributed by atoms with Gasteiger partial charge in [-0.1, -0.05) is 6.92 Å². The van der Waals surface area contributed by atoms with Crippen LogP contribution in [0.5, 0.6) is 11.5 Å². The molecule has 0 aliphatic heterocycles. The lowest BCUT2D eigenvalue weighted by Gasteiger charge is -2.14. The van der Waals surface area contributed by atoms with E-state index in [1.54, 1.807) is 27.6 Å².